The average molecular weight is 333 g/mol. The summed E-state index contributed by atoms with van der Waals surface area (Å²) in [6.45, 7) is 2.31. The lowest BCUT2D eigenvalue weighted by molar-refractivity contribution is 0.349. The van der Waals surface area contributed by atoms with Crippen LogP contribution < -0.4 is 5.32 Å². The lowest BCUT2D eigenvalue weighted by Gasteiger charge is -2.30. The Labute approximate surface area is 148 Å². The number of aromatic hydroxyl groups is 1. The van der Waals surface area contributed by atoms with Gasteiger partial charge < -0.3 is 10.4 Å². The fraction of sp³-hybridized carbons (Fsp3) is 0.333. The molecule has 128 valence electrons. The number of phenolic OH excluding ortho intramolecular Hbond substituents is 1. The smallest absolute Gasteiger partial charge is 0.165 e. The summed E-state index contributed by atoms with van der Waals surface area (Å²) in [5.74, 6) is 2.26. The van der Waals surface area contributed by atoms with Crippen molar-refractivity contribution in [3.8, 4) is 17.1 Å². The van der Waals surface area contributed by atoms with Crippen molar-refractivity contribution in [2.45, 2.75) is 38.6 Å². The SMILES string of the molecule is C[C@H]1CCCC[C@H]1Nc1nc(-c2ccccc2O)nc2ccccc12. The topological polar surface area (TPSA) is 58.0 Å². The lowest BCUT2D eigenvalue weighted by Crippen LogP contribution is -2.30. The summed E-state index contributed by atoms with van der Waals surface area (Å²) in [6, 6.07) is 15.7. The van der Waals surface area contributed by atoms with Crippen LogP contribution in [-0.4, -0.2) is 21.1 Å². The van der Waals surface area contributed by atoms with Gasteiger partial charge in [-0.25, -0.2) is 9.97 Å². The fourth-order valence-electron chi connectivity index (χ4n) is 3.68. The number of hydrogen-bond acceptors (Lipinski definition) is 4. The third-order valence-corrected chi connectivity index (χ3v) is 5.18. The van der Waals surface area contributed by atoms with E-state index >= 15 is 0 Å². The van der Waals surface area contributed by atoms with Gasteiger partial charge in [0.2, 0.25) is 0 Å². The molecule has 2 aromatic carbocycles. The number of aromatic nitrogens is 2. The number of nitrogens with zero attached hydrogens (tertiary/aromatic N) is 2. The maximum absolute atomic E-state index is 10.2. The van der Waals surface area contributed by atoms with E-state index in [9.17, 15) is 5.11 Å². The van der Waals surface area contributed by atoms with E-state index in [2.05, 4.69) is 23.3 Å². The molecule has 1 saturated carbocycles. The van der Waals surface area contributed by atoms with Crippen LogP contribution in [-0.2, 0) is 0 Å². The fourth-order valence-corrected chi connectivity index (χ4v) is 3.68. The number of nitrogens with one attached hydrogen (secondary N) is 1. The van der Waals surface area contributed by atoms with Crippen LogP contribution in [0.1, 0.15) is 32.6 Å². The zero-order chi connectivity index (χ0) is 17.2. The molecule has 1 aliphatic carbocycles. The molecule has 1 fully saturated rings. The van der Waals surface area contributed by atoms with Gasteiger partial charge in [-0.3, -0.25) is 0 Å². The minimum absolute atomic E-state index is 0.203. The molecule has 25 heavy (non-hydrogen) atoms. The highest BCUT2D eigenvalue weighted by Gasteiger charge is 2.22. The molecule has 2 N–H and O–H groups in total. The number of anilines is 1. The third kappa shape index (κ3) is 3.16. The van der Waals surface area contributed by atoms with Gasteiger partial charge in [-0.1, -0.05) is 44.0 Å². The first kappa shape index (κ1) is 15.9. The first-order valence-electron chi connectivity index (χ1n) is 9.04. The summed E-state index contributed by atoms with van der Waals surface area (Å²) in [6.07, 6.45) is 5.00. The maximum Gasteiger partial charge on any atom is 0.165 e. The Morgan fingerprint density at radius 2 is 1.72 bits per heavy atom. The summed E-state index contributed by atoms with van der Waals surface area (Å²) < 4.78 is 0. The minimum Gasteiger partial charge on any atom is -0.507 e. The Morgan fingerprint density at radius 3 is 2.56 bits per heavy atom. The monoisotopic (exact) mass is 333 g/mol. The number of fused-ring (bicyclic) bond motifs is 1. The molecule has 0 amide bonds. The second kappa shape index (κ2) is 6.71. The van der Waals surface area contributed by atoms with Gasteiger partial charge in [-0.15, -0.1) is 0 Å². The summed E-state index contributed by atoms with van der Waals surface area (Å²) in [5.41, 5.74) is 1.55. The van der Waals surface area contributed by atoms with Crippen LogP contribution in [0.4, 0.5) is 5.82 Å². The number of rotatable bonds is 3. The largest absolute Gasteiger partial charge is 0.507 e. The van der Waals surface area contributed by atoms with Crippen molar-refractivity contribution in [2.75, 3.05) is 5.32 Å². The highest BCUT2D eigenvalue weighted by Crippen LogP contribution is 2.32. The van der Waals surface area contributed by atoms with Crippen molar-refractivity contribution in [1.82, 2.24) is 9.97 Å². The number of benzene rings is 2. The molecule has 2 atom stereocenters. The molecule has 0 radical (unpaired) electrons. The van der Waals surface area contributed by atoms with Crippen LogP contribution in [0.5, 0.6) is 5.75 Å². The molecule has 1 heterocycles. The predicted molar refractivity (Wildman–Crippen MR) is 102 cm³/mol. The van der Waals surface area contributed by atoms with E-state index in [0.717, 1.165) is 16.7 Å². The highest BCUT2D eigenvalue weighted by atomic mass is 16.3. The predicted octanol–water partition coefficient (Wildman–Crippen LogP) is 4.99. The standard InChI is InChI=1S/C21H23N3O/c1-14-8-2-5-11-17(14)22-20-15-9-3-6-12-18(15)23-21(24-20)16-10-4-7-13-19(16)25/h3-4,6-7,9-10,12-14,17,25H,2,5,8,11H2,1H3,(H,22,23,24)/t14-,17+/m0/s1. The maximum atomic E-state index is 10.2. The second-order valence-corrected chi connectivity index (χ2v) is 6.94. The van der Waals surface area contributed by atoms with E-state index in [1.54, 1.807) is 6.07 Å². The van der Waals surface area contributed by atoms with E-state index in [0.29, 0.717) is 23.3 Å². The number of hydrogen-bond donors (Lipinski definition) is 2. The minimum atomic E-state index is 0.203. The van der Waals surface area contributed by atoms with Crippen LogP contribution in [0.3, 0.4) is 0 Å². The third-order valence-electron chi connectivity index (χ3n) is 5.18. The van der Waals surface area contributed by atoms with Crippen molar-refractivity contribution in [3.05, 3.63) is 48.5 Å². The Kier molecular flexibility index (Phi) is 4.26. The van der Waals surface area contributed by atoms with E-state index in [-0.39, 0.29) is 5.75 Å². The van der Waals surface area contributed by atoms with Gasteiger partial charge in [0.05, 0.1) is 11.1 Å². The normalized spacial score (nSPS) is 20.5. The van der Waals surface area contributed by atoms with Crippen molar-refractivity contribution in [1.29, 1.82) is 0 Å². The van der Waals surface area contributed by atoms with Crippen molar-refractivity contribution in [2.24, 2.45) is 5.92 Å². The zero-order valence-corrected chi connectivity index (χ0v) is 14.4. The molecule has 1 aromatic heterocycles. The average Bonchev–Trinajstić information content (AvgIpc) is 2.64. The lowest BCUT2D eigenvalue weighted by atomic mass is 9.86. The summed E-state index contributed by atoms with van der Waals surface area (Å²) >= 11 is 0. The molecular weight excluding hydrogens is 310 g/mol. The van der Waals surface area contributed by atoms with Gasteiger partial charge in [-0.05, 0) is 43.0 Å². The van der Waals surface area contributed by atoms with E-state index < -0.39 is 0 Å². The van der Waals surface area contributed by atoms with Crippen LogP contribution in [0.15, 0.2) is 48.5 Å². The van der Waals surface area contributed by atoms with Crippen molar-refractivity contribution >= 4 is 16.7 Å². The van der Waals surface area contributed by atoms with Crippen molar-refractivity contribution in [3.63, 3.8) is 0 Å². The molecule has 0 spiro atoms. The quantitative estimate of drug-likeness (QED) is 0.709. The molecule has 3 aromatic rings. The first-order valence-corrected chi connectivity index (χ1v) is 9.04. The van der Waals surface area contributed by atoms with Crippen LogP contribution in [0.25, 0.3) is 22.3 Å². The molecule has 4 heteroatoms. The Balaban J connectivity index is 1.80. The van der Waals surface area contributed by atoms with Crippen molar-refractivity contribution < 1.29 is 5.11 Å². The molecule has 4 rings (SSSR count). The van der Waals surface area contributed by atoms with E-state index in [4.69, 9.17) is 4.98 Å². The Bertz CT molecular complexity index is 893. The molecular formula is C21H23N3O. The summed E-state index contributed by atoms with van der Waals surface area (Å²) in [4.78, 5) is 9.45. The molecule has 0 saturated heterocycles. The van der Waals surface area contributed by atoms with Gasteiger partial charge in [0.25, 0.3) is 0 Å². The van der Waals surface area contributed by atoms with Crippen LogP contribution in [0, 0.1) is 5.92 Å². The molecule has 0 bridgehead atoms. The first-order chi connectivity index (χ1) is 12.2. The summed E-state index contributed by atoms with van der Waals surface area (Å²) in [5, 5.41) is 14.9. The number of phenols is 1. The molecule has 0 unspecified atom stereocenters. The van der Waals surface area contributed by atoms with Gasteiger partial charge in [0.15, 0.2) is 5.82 Å². The van der Waals surface area contributed by atoms with Crippen LogP contribution >= 0.6 is 0 Å². The second-order valence-electron chi connectivity index (χ2n) is 6.94. The van der Waals surface area contributed by atoms with Gasteiger partial charge in [-0.2, -0.15) is 0 Å². The Hall–Kier alpha value is -2.62. The molecule has 4 nitrogen and oxygen atoms in total. The van der Waals surface area contributed by atoms with Gasteiger partial charge in [0.1, 0.15) is 11.6 Å². The number of para-hydroxylation sites is 2. The van der Waals surface area contributed by atoms with E-state index in [1.807, 2.05) is 36.4 Å². The molecule has 0 aliphatic heterocycles. The highest BCUT2D eigenvalue weighted by molar-refractivity contribution is 5.91. The summed E-state index contributed by atoms with van der Waals surface area (Å²) in [7, 11) is 0. The Morgan fingerprint density at radius 1 is 0.960 bits per heavy atom. The van der Waals surface area contributed by atoms with Gasteiger partial charge in [0, 0.05) is 11.4 Å². The van der Waals surface area contributed by atoms with Gasteiger partial charge >= 0.3 is 0 Å². The zero-order valence-electron chi connectivity index (χ0n) is 14.4. The van der Waals surface area contributed by atoms with Crippen LogP contribution in [0.2, 0.25) is 0 Å². The molecule has 1 aliphatic rings. The van der Waals surface area contributed by atoms with E-state index in [1.165, 1.54) is 25.7 Å².